The number of sulfone groups is 1. The fourth-order valence-electron chi connectivity index (χ4n) is 3.84. The van der Waals surface area contributed by atoms with Crippen molar-refractivity contribution in [2.45, 2.75) is 68.3 Å². The minimum Gasteiger partial charge on any atom is -0.495 e. The molecule has 1 aromatic rings. The van der Waals surface area contributed by atoms with Gasteiger partial charge in [-0.25, -0.2) is 8.42 Å². The van der Waals surface area contributed by atoms with Gasteiger partial charge in [0.1, 0.15) is 24.9 Å². The van der Waals surface area contributed by atoms with E-state index in [1.54, 1.807) is 32.0 Å². The van der Waals surface area contributed by atoms with E-state index in [9.17, 15) is 8.42 Å². The smallest absolute Gasteiger partial charge is 0.235 e. The average Bonchev–Trinajstić information content (AvgIpc) is 3.06. The summed E-state index contributed by atoms with van der Waals surface area (Å²) in [7, 11) is -3.60. The summed E-state index contributed by atoms with van der Waals surface area (Å²) in [5.41, 5.74) is 0. The molecule has 0 aromatic heterocycles. The van der Waals surface area contributed by atoms with E-state index in [2.05, 4.69) is 0 Å². The van der Waals surface area contributed by atoms with Crippen LogP contribution in [0, 0.1) is 0 Å². The molecule has 4 atom stereocenters. The molecule has 0 spiro atoms. The zero-order chi connectivity index (χ0) is 20.9. The molecule has 0 aliphatic carbocycles. The highest BCUT2D eigenvalue weighted by atomic mass is 32.2. The van der Waals surface area contributed by atoms with Crippen LogP contribution in [-0.2, 0) is 38.3 Å². The first-order valence-corrected chi connectivity index (χ1v) is 11.0. The van der Waals surface area contributed by atoms with E-state index in [0.29, 0.717) is 6.61 Å². The monoisotopic (exact) mass is 426 g/mol. The van der Waals surface area contributed by atoms with Crippen molar-refractivity contribution in [3.05, 3.63) is 42.0 Å². The van der Waals surface area contributed by atoms with Gasteiger partial charge in [-0.05, 0) is 39.8 Å². The molecule has 0 N–H and O–H groups in total. The van der Waals surface area contributed by atoms with Gasteiger partial charge in [-0.1, -0.05) is 18.2 Å². The summed E-state index contributed by atoms with van der Waals surface area (Å²) in [5, 5.41) is 1.01. The van der Waals surface area contributed by atoms with Crippen LogP contribution in [0.2, 0.25) is 0 Å². The second-order valence-electron chi connectivity index (χ2n) is 8.24. The summed E-state index contributed by atoms with van der Waals surface area (Å²) in [4.78, 5) is 0.188. The summed E-state index contributed by atoms with van der Waals surface area (Å²) in [6, 6.07) is 8.12. The van der Waals surface area contributed by atoms with Gasteiger partial charge >= 0.3 is 0 Å². The predicted octanol–water partition coefficient (Wildman–Crippen LogP) is 2.35. The molecule has 1 aromatic carbocycles. The van der Waals surface area contributed by atoms with Gasteiger partial charge in [-0.3, -0.25) is 0 Å². The minimum atomic E-state index is -3.60. The van der Waals surface area contributed by atoms with E-state index >= 15 is 0 Å². The molecule has 160 valence electrons. The Balaban J connectivity index is 1.48. The molecule has 3 heterocycles. The molecule has 8 nitrogen and oxygen atoms in total. The Morgan fingerprint density at radius 1 is 1.07 bits per heavy atom. The van der Waals surface area contributed by atoms with Crippen molar-refractivity contribution in [1.29, 1.82) is 0 Å². The van der Waals surface area contributed by atoms with Gasteiger partial charge in [-0.2, -0.15) is 0 Å². The van der Waals surface area contributed by atoms with E-state index in [4.69, 9.17) is 28.4 Å². The zero-order valence-corrected chi connectivity index (χ0v) is 17.7. The Kier molecular flexibility index (Phi) is 5.04. The van der Waals surface area contributed by atoms with Gasteiger partial charge < -0.3 is 28.4 Å². The molecule has 0 radical (unpaired) electrons. The molecule has 0 amide bonds. The van der Waals surface area contributed by atoms with Gasteiger partial charge in [0.15, 0.2) is 11.6 Å². The van der Waals surface area contributed by atoms with Crippen LogP contribution < -0.4 is 0 Å². The largest absolute Gasteiger partial charge is 0.495 e. The number of rotatable bonds is 5. The van der Waals surface area contributed by atoms with Gasteiger partial charge in [0.05, 0.1) is 23.2 Å². The third kappa shape index (κ3) is 4.08. The van der Waals surface area contributed by atoms with Crippen LogP contribution in [0.25, 0.3) is 0 Å². The van der Waals surface area contributed by atoms with Crippen LogP contribution in [0.4, 0.5) is 0 Å². The molecule has 0 unspecified atom stereocenters. The summed E-state index contributed by atoms with van der Waals surface area (Å²) < 4.78 is 60.1. The third-order valence-electron chi connectivity index (χ3n) is 4.98. The SMILES string of the molecule is CC1(C)OC[C@@H]2O[C@@]3(CO/C=C\S(=O)(=O)c4ccccc4)OC(C)(C)O[C@H]3[C@@H]2O1. The summed E-state index contributed by atoms with van der Waals surface area (Å²) in [6.45, 7) is 7.51. The Morgan fingerprint density at radius 3 is 2.52 bits per heavy atom. The van der Waals surface area contributed by atoms with Crippen molar-refractivity contribution >= 4 is 9.84 Å². The molecule has 3 fully saturated rings. The number of ether oxygens (including phenoxy) is 6. The van der Waals surface area contributed by atoms with E-state index in [0.717, 1.165) is 11.7 Å². The number of hydrogen-bond donors (Lipinski definition) is 0. The molecule has 3 aliphatic heterocycles. The first-order valence-electron chi connectivity index (χ1n) is 9.48. The second kappa shape index (κ2) is 7.04. The predicted molar refractivity (Wildman–Crippen MR) is 101 cm³/mol. The summed E-state index contributed by atoms with van der Waals surface area (Å²) >= 11 is 0. The first-order chi connectivity index (χ1) is 13.5. The van der Waals surface area contributed by atoms with Crippen molar-refractivity contribution in [2.24, 2.45) is 0 Å². The van der Waals surface area contributed by atoms with Crippen molar-refractivity contribution in [3.63, 3.8) is 0 Å². The second-order valence-corrected chi connectivity index (χ2v) is 10.1. The molecule has 4 rings (SSSR count). The lowest BCUT2D eigenvalue weighted by atomic mass is 10.0. The van der Waals surface area contributed by atoms with Crippen LogP contribution in [-0.4, -0.2) is 57.3 Å². The van der Waals surface area contributed by atoms with Gasteiger partial charge in [0.2, 0.25) is 15.6 Å². The maximum atomic E-state index is 12.3. The summed E-state index contributed by atoms with van der Waals surface area (Å²) in [5.74, 6) is -2.88. The highest BCUT2D eigenvalue weighted by Gasteiger charge is 2.67. The third-order valence-corrected chi connectivity index (χ3v) is 6.38. The van der Waals surface area contributed by atoms with E-state index in [-0.39, 0.29) is 23.7 Å². The van der Waals surface area contributed by atoms with Crippen LogP contribution >= 0.6 is 0 Å². The van der Waals surface area contributed by atoms with Crippen LogP contribution in [0.1, 0.15) is 27.7 Å². The van der Waals surface area contributed by atoms with Crippen LogP contribution in [0.5, 0.6) is 0 Å². The van der Waals surface area contributed by atoms with Crippen molar-refractivity contribution < 1.29 is 36.8 Å². The molecule has 0 saturated carbocycles. The van der Waals surface area contributed by atoms with Crippen LogP contribution in [0.3, 0.4) is 0 Å². The molecular formula is C20H26O8S. The van der Waals surface area contributed by atoms with Gasteiger partial charge in [-0.15, -0.1) is 0 Å². The van der Waals surface area contributed by atoms with Crippen molar-refractivity contribution in [1.82, 2.24) is 0 Å². The van der Waals surface area contributed by atoms with Crippen molar-refractivity contribution in [2.75, 3.05) is 13.2 Å². The molecule has 3 aliphatic rings. The lowest BCUT2D eigenvalue weighted by molar-refractivity contribution is -0.330. The molecule has 0 bridgehead atoms. The Labute approximate surface area is 170 Å². The van der Waals surface area contributed by atoms with Gasteiger partial charge in [0.25, 0.3) is 0 Å². The lowest BCUT2D eigenvalue weighted by Gasteiger charge is -2.38. The maximum absolute atomic E-state index is 12.3. The minimum absolute atomic E-state index is 0.0569. The fourth-order valence-corrected chi connectivity index (χ4v) is 4.76. The number of hydrogen-bond acceptors (Lipinski definition) is 8. The number of fused-ring (bicyclic) bond motifs is 3. The summed E-state index contributed by atoms with van der Waals surface area (Å²) in [6.07, 6.45) is -0.161. The normalized spacial score (nSPS) is 35.4. The molecule has 29 heavy (non-hydrogen) atoms. The quantitative estimate of drug-likeness (QED) is 0.663. The molecule has 9 heteroatoms. The topological polar surface area (TPSA) is 89.5 Å². The first kappa shape index (κ1) is 20.8. The molecule has 3 saturated heterocycles. The van der Waals surface area contributed by atoms with E-state index < -0.39 is 33.3 Å². The Morgan fingerprint density at radius 2 is 1.79 bits per heavy atom. The number of benzene rings is 1. The Hall–Kier alpha value is -1.49. The Bertz CT molecular complexity index is 879. The lowest BCUT2D eigenvalue weighted by Crippen LogP contribution is -2.51. The van der Waals surface area contributed by atoms with E-state index in [1.807, 2.05) is 13.8 Å². The highest BCUT2D eigenvalue weighted by Crippen LogP contribution is 2.49. The zero-order valence-electron chi connectivity index (χ0n) is 16.9. The molecular weight excluding hydrogens is 400 g/mol. The maximum Gasteiger partial charge on any atom is 0.235 e. The fraction of sp³-hybridized carbons (Fsp3) is 0.600. The van der Waals surface area contributed by atoms with Crippen LogP contribution in [0.15, 0.2) is 46.9 Å². The van der Waals surface area contributed by atoms with Crippen molar-refractivity contribution in [3.8, 4) is 0 Å². The van der Waals surface area contributed by atoms with Gasteiger partial charge in [0, 0.05) is 0 Å². The standard InChI is InChI=1S/C20H26O8S/c1-18(2)24-12-15-16(26-18)17-20(25-15,28-19(3,4)27-17)13-23-10-11-29(21,22)14-8-6-5-7-9-14/h5-11,15-17H,12-13H2,1-4H3/b11-10-/t15-,16+,17-,20-/m0/s1. The van der Waals surface area contributed by atoms with E-state index in [1.165, 1.54) is 12.1 Å². The average molecular weight is 426 g/mol. The highest BCUT2D eigenvalue weighted by molar-refractivity contribution is 7.94.